The van der Waals surface area contributed by atoms with Crippen LogP contribution in [0.5, 0.6) is 0 Å². The number of carbonyl (C=O) groups is 1. The molecule has 0 saturated carbocycles. The molecular formula is C15H20N2O. The van der Waals surface area contributed by atoms with Crippen molar-refractivity contribution in [1.29, 1.82) is 0 Å². The van der Waals surface area contributed by atoms with Crippen LogP contribution in [-0.2, 0) is 11.2 Å². The Morgan fingerprint density at radius 1 is 1.56 bits per heavy atom. The van der Waals surface area contributed by atoms with Crippen molar-refractivity contribution in [2.75, 3.05) is 13.1 Å². The van der Waals surface area contributed by atoms with Gasteiger partial charge in [0.05, 0.1) is 0 Å². The minimum atomic E-state index is 0.0451. The summed E-state index contributed by atoms with van der Waals surface area (Å²) >= 11 is 0. The van der Waals surface area contributed by atoms with Crippen LogP contribution in [0.1, 0.15) is 36.9 Å². The van der Waals surface area contributed by atoms with Crippen molar-refractivity contribution in [3.63, 3.8) is 0 Å². The quantitative estimate of drug-likeness (QED) is 0.765. The van der Waals surface area contributed by atoms with E-state index in [1.165, 1.54) is 17.3 Å². The molecule has 0 aromatic carbocycles. The summed E-state index contributed by atoms with van der Waals surface area (Å²) in [4.78, 5) is 17.8. The van der Waals surface area contributed by atoms with Crippen LogP contribution in [0.2, 0.25) is 0 Å². The van der Waals surface area contributed by atoms with Gasteiger partial charge in [0.1, 0.15) is 0 Å². The molecule has 1 amide bonds. The molecule has 96 valence electrons. The van der Waals surface area contributed by atoms with Crippen LogP contribution < -0.4 is 0 Å². The van der Waals surface area contributed by atoms with Gasteiger partial charge in [-0.15, -0.1) is 0 Å². The Balaban J connectivity index is 2.00. The third-order valence-corrected chi connectivity index (χ3v) is 3.65. The Morgan fingerprint density at radius 2 is 2.28 bits per heavy atom. The number of hydrogen-bond acceptors (Lipinski definition) is 2. The molecule has 1 aromatic rings. The standard InChI is InChI=1S/C15H20N2O/c1-3-12-5-8-16-14(11-12)13-6-9-17(10-7-13)15(18)4-2/h4-5,8,11,13H,2-3,6-7,9-10H2,1H3. The molecule has 0 spiro atoms. The predicted molar refractivity (Wildman–Crippen MR) is 72.4 cm³/mol. The Labute approximate surface area is 109 Å². The molecule has 0 aliphatic carbocycles. The summed E-state index contributed by atoms with van der Waals surface area (Å²) in [5.41, 5.74) is 2.52. The summed E-state index contributed by atoms with van der Waals surface area (Å²) in [5.74, 6) is 0.536. The highest BCUT2D eigenvalue weighted by Gasteiger charge is 2.23. The maximum absolute atomic E-state index is 11.5. The molecule has 1 aromatic heterocycles. The van der Waals surface area contributed by atoms with E-state index in [0.717, 1.165) is 32.4 Å². The van der Waals surface area contributed by atoms with Crippen LogP contribution >= 0.6 is 0 Å². The predicted octanol–water partition coefficient (Wildman–Crippen LogP) is 2.54. The maximum atomic E-state index is 11.5. The summed E-state index contributed by atoms with van der Waals surface area (Å²) in [5, 5.41) is 0. The summed E-state index contributed by atoms with van der Waals surface area (Å²) in [7, 11) is 0. The van der Waals surface area contributed by atoms with Gasteiger partial charge in [-0.05, 0) is 43.0 Å². The summed E-state index contributed by atoms with van der Waals surface area (Å²) < 4.78 is 0. The molecule has 0 atom stereocenters. The van der Waals surface area contributed by atoms with E-state index in [9.17, 15) is 4.79 Å². The van der Waals surface area contributed by atoms with Gasteiger partial charge in [-0.25, -0.2) is 0 Å². The molecule has 18 heavy (non-hydrogen) atoms. The van der Waals surface area contributed by atoms with Gasteiger partial charge in [-0.1, -0.05) is 13.5 Å². The van der Waals surface area contributed by atoms with Crippen molar-refractivity contribution in [1.82, 2.24) is 9.88 Å². The Hall–Kier alpha value is -1.64. The summed E-state index contributed by atoms with van der Waals surface area (Å²) in [6.45, 7) is 7.32. The van der Waals surface area contributed by atoms with Gasteiger partial charge in [-0.3, -0.25) is 9.78 Å². The second-order valence-electron chi connectivity index (χ2n) is 4.75. The van der Waals surface area contributed by atoms with Gasteiger partial charge >= 0.3 is 0 Å². The highest BCUT2D eigenvalue weighted by Crippen LogP contribution is 2.27. The molecule has 0 radical (unpaired) electrons. The zero-order valence-electron chi connectivity index (χ0n) is 10.9. The molecule has 1 aliphatic rings. The van der Waals surface area contributed by atoms with Crippen LogP contribution in [0.4, 0.5) is 0 Å². The van der Waals surface area contributed by atoms with Gasteiger partial charge < -0.3 is 4.90 Å². The van der Waals surface area contributed by atoms with E-state index in [1.807, 2.05) is 11.1 Å². The van der Waals surface area contributed by atoms with Crippen molar-refractivity contribution >= 4 is 5.91 Å². The third-order valence-electron chi connectivity index (χ3n) is 3.65. The molecule has 1 saturated heterocycles. The monoisotopic (exact) mass is 244 g/mol. The van der Waals surface area contributed by atoms with E-state index in [2.05, 4.69) is 30.6 Å². The Kier molecular flexibility index (Phi) is 4.13. The largest absolute Gasteiger partial charge is 0.339 e. The molecule has 2 heterocycles. The molecule has 0 bridgehead atoms. The lowest BCUT2D eigenvalue weighted by atomic mass is 9.92. The van der Waals surface area contributed by atoms with Crippen molar-refractivity contribution in [2.45, 2.75) is 32.1 Å². The third kappa shape index (κ3) is 2.78. The summed E-state index contributed by atoms with van der Waals surface area (Å²) in [6.07, 6.45) is 6.34. The number of hydrogen-bond donors (Lipinski definition) is 0. The van der Waals surface area contributed by atoms with E-state index < -0.39 is 0 Å². The number of rotatable bonds is 3. The number of aromatic nitrogens is 1. The fraction of sp³-hybridized carbons (Fsp3) is 0.467. The fourth-order valence-corrected chi connectivity index (χ4v) is 2.46. The van der Waals surface area contributed by atoms with Crippen LogP contribution in [0.3, 0.4) is 0 Å². The topological polar surface area (TPSA) is 33.2 Å². The molecule has 3 heteroatoms. The van der Waals surface area contributed by atoms with Crippen LogP contribution in [0, 0.1) is 0 Å². The number of aryl methyl sites for hydroxylation is 1. The highest BCUT2D eigenvalue weighted by molar-refractivity contribution is 5.87. The first kappa shape index (κ1) is 12.8. The second kappa shape index (κ2) is 5.80. The van der Waals surface area contributed by atoms with Crippen molar-refractivity contribution in [2.24, 2.45) is 0 Å². The van der Waals surface area contributed by atoms with E-state index >= 15 is 0 Å². The van der Waals surface area contributed by atoms with E-state index in [4.69, 9.17) is 0 Å². The minimum absolute atomic E-state index is 0.0451. The molecule has 0 N–H and O–H groups in total. The van der Waals surface area contributed by atoms with E-state index in [1.54, 1.807) is 0 Å². The van der Waals surface area contributed by atoms with Crippen molar-refractivity contribution in [3.05, 3.63) is 42.2 Å². The maximum Gasteiger partial charge on any atom is 0.245 e. The molecular weight excluding hydrogens is 224 g/mol. The second-order valence-corrected chi connectivity index (χ2v) is 4.75. The summed E-state index contributed by atoms with van der Waals surface area (Å²) in [6, 6.07) is 4.27. The van der Waals surface area contributed by atoms with E-state index in [0.29, 0.717) is 5.92 Å². The zero-order chi connectivity index (χ0) is 13.0. The average Bonchev–Trinajstić information content (AvgIpc) is 2.46. The zero-order valence-corrected chi connectivity index (χ0v) is 10.9. The van der Waals surface area contributed by atoms with Crippen LogP contribution in [0.15, 0.2) is 31.0 Å². The van der Waals surface area contributed by atoms with E-state index in [-0.39, 0.29) is 5.91 Å². The van der Waals surface area contributed by atoms with Gasteiger partial charge in [0.15, 0.2) is 0 Å². The smallest absolute Gasteiger partial charge is 0.245 e. The molecule has 2 rings (SSSR count). The Morgan fingerprint density at radius 3 is 2.89 bits per heavy atom. The minimum Gasteiger partial charge on any atom is -0.339 e. The van der Waals surface area contributed by atoms with Gasteiger partial charge in [0, 0.05) is 30.9 Å². The molecule has 0 unspecified atom stereocenters. The SMILES string of the molecule is C=CC(=O)N1CCC(c2cc(CC)ccn2)CC1. The van der Waals surface area contributed by atoms with Gasteiger partial charge in [0.25, 0.3) is 0 Å². The number of nitrogens with zero attached hydrogens (tertiary/aromatic N) is 2. The normalized spacial score (nSPS) is 16.6. The van der Waals surface area contributed by atoms with Gasteiger partial charge in [-0.2, -0.15) is 0 Å². The lowest BCUT2D eigenvalue weighted by Crippen LogP contribution is -2.36. The number of likely N-dealkylation sites (tertiary alicyclic amines) is 1. The first-order valence-corrected chi connectivity index (χ1v) is 6.60. The fourth-order valence-electron chi connectivity index (χ4n) is 2.46. The average molecular weight is 244 g/mol. The van der Waals surface area contributed by atoms with Crippen molar-refractivity contribution in [3.8, 4) is 0 Å². The molecule has 1 fully saturated rings. The lowest BCUT2D eigenvalue weighted by Gasteiger charge is -2.31. The van der Waals surface area contributed by atoms with Crippen LogP contribution in [0.25, 0.3) is 0 Å². The number of piperidine rings is 1. The van der Waals surface area contributed by atoms with Crippen molar-refractivity contribution < 1.29 is 4.79 Å². The lowest BCUT2D eigenvalue weighted by molar-refractivity contribution is -0.127. The first-order valence-electron chi connectivity index (χ1n) is 6.60. The molecule has 1 aliphatic heterocycles. The molecule has 3 nitrogen and oxygen atoms in total. The van der Waals surface area contributed by atoms with Gasteiger partial charge in [0.2, 0.25) is 5.91 Å². The number of pyridine rings is 1. The first-order chi connectivity index (χ1) is 8.74. The van der Waals surface area contributed by atoms with Crippen LogP contribution in [-0.4, -0.2) is 28.9 Å². The number of amides is 1. The Bertz CT molecular complexity index is 434. The number of carbonyl (C=O) groups excluding carboxylic acids is 1. The highest BCUT2D eigenvalue weighted by atomic mass is 16.2.